The number of aliphatic hydroxyl groups excluding tert-OH is 5. The van der Waals surface area contributed by atoms with Crippen molar-refractivity contribution in [3.63, 3.8) is 0 Å². The quantitative estimate of drug-likeness (QED) is 0.312. The fourth-order valence-electron chi connectivity index (χ4n) is 2.28. The fourth-order valence-corrected chi connectivity index (χ4v) is 3.29. The lowest BCUT2D eigenvalue weighted by Gasteiger charge is -2.31. The van der Waals surface area contributed by atoms with Crippen molar-refractivity contribution in [2.24, 2.45) is 0 Å². The Morgan fingerprint density at radius 3 is 2.46 bits per heavy atom. The molecule has 5 atom stereocenters. The molecule has 0 unspecified atom stereocenters. The van der Waals surface area contributed by atoms with Crippen LogP contribution in [0.4, 0.5) is 5.82 Å². The van der Waals surface area contributed by atoms with Gasteiger partial charge in [-0.2, -0.15) is 0 Å². The molecule has 10 nitrogen and oxygen atoms in total. The summed E-state index contributed by atoms with van der Waals surface area (Å²) < 4.78 is 1.52. The largest absolute Gasteiger partial charge is 0.394 e. The second-order valence-corrected chi connectivity index (χ2v) is 6.54. The van der Waals surface area contributed by atoms with E-state index in [1.165, 1.54) is 29.0 Å². The molecule has 2 aromatic rings. The maximum atomic E-state index is 10.5. The number of thioether (sulfide) groups is 1. The SMILES string of the molecule is CCS[C@H]([C@H](O)[C@H](O)[C@H](O)[C@H](O)CO)n1cnc2c(N)ncnc21. The number of rotatable bonds is 8. The van der Waals surface area contributed by atoms with E-state index < -0.39 is 36.4 Å². The summed E-state index contributed by atoms with van der Waals surface area (Å²) >= 11 is 1.28. The number of nitrogens with two attached hydrogens (primary N) is 1. The lowest BCUT2D eigenvalue weighted by molar-refractivity contribution is -0.118. The van der Waals surface area contributed by atoms with Crippen LogP contribution in [0.1, 0.15) is 12.3 Å². The van der Waals surface area contributed by atoms with Crippen LogP contribution >= 0.6 is 11.8 Å². The molecular weight excluding hydrogens is 338 g/mol. The smallest absolute Gasteiger partial charge is 0.166 e. The Morgan fingerprint density at radius 1 is 1.12 bits per heavy atom. The van der Waals surface area contributed by atoms with E-state index in [-0.39, 0.29) is 5.82 Å². The number of imidazole rings is 1. The van der Waals surface area contributed by atoms with E-state index in [4.69, 9.17) is 10.8 Å². The molecule has 0 aliphatic carbocycles. The minimum Gasteiger partial charge on any atom is -0.394 e. The van der Waals surface area contributed by atoms with Crippen LogP contribution in [0.15, 0.2) is 12.7 Å². The van der Waals surface area contributed by atoms with Gasteiger partial charge in [0.25, 0.3) is 0 Å². The van der Waals surface area contributed by atoms with Gasteiger partial charge in [0.15, 0.2) is 11.5 Å². The number of aromatic nitrogens is 4. The van der Waals surface area contributed by atoms with Crippen molar-refractivity contribution in [2.75, 3.05) is 18.1 Å². The maximum Gasteiger partial charge on any atom is 0.166 e. The topological polar surface area (TPSA) is 171 Å². The zero-order chi connectivity index (χ0) is 17.9. The summed E-state index contributed by atoms with van der Waals surface area (Å²) in [5, 5.41) is 48.0. The Bertz CT molecular complexity index is 671. The first-order valence-electron chi connectivity index (χ1n) is 7.30. The van der Waals surface area contributed by atoms with Crippen molar-refractivity contribution in [3.8, 4) is 0 Å². The van der Waals surface area contributed by atoms with Crippen molar-refractivity contribution in [1.29, 1.82) is 0 Å². The highest BCUT2D eigenvalue weighted by molar-refractivity contribution is 7.99. The highest BCUT2D eigenvalue weighted by Gasteiger charge is 2.36. The van der Waals surface area contributed by atoms with Gasteiger partial charge in [-0.15, -0.1) is 11.8 Å². The third-order valence-electron chi connectivity index (χ3n) is 3.57. The van der Waals surface area contributed by atoms with Gasteiger partial charge in [0.1, 0.15) is 41.6 Å². The van der Waals surface area contributed by atoms with Gasteiger partial charge in [-0.25, -0.2) is 15.0 Å². The molecule has 0 spiro atoms. The third-order valence-corrected chi connectivity index (χ3v) is 4.75. The lowest BCUT2D eigenvalue weighted by atomic mass is 10.0. The summed E-state index contributed by atoms with van der Waals surface area (Å²) in [6.45, 7) is 1.12. The van der Waals surface area contributed by atoms with Crippen LogP contribution in [-0.2, 0) is 0 Å². The first-order valence-corrected chi connectivity index (χ1v) is 8.34. The molecule has 0 saturated heterocycles. The van der Waals surface area contributed by atoms with E-state index in [2.05, 4.69) is 15.0 Å². The number of hydrogen-bond donors (Lipinski definition) is 6. The summed E-state index contributed by atoms with van der Waals surface area (Å²) in [4.78, 5) is 12.0. The first-order chi connectivity index (χ1) is 11.4. The highest BCUT2D eigenvalue weighted by Crippen LogP contribution is 2.32. The number of hydrogen-bond acceptors (Lipinski definition) is 10. The summed E-state index contributed by atoms with van der Waals surface area (Å²) in [6.07, 6.45) is -3.75. The van der Waals surface area contributed by atoms with Crippen LogP contribution in [0, 0.1) is 0 Å². The number of fused-ring (bicyclic) bond motifs is 1. The predicted octanol–water partition coefficient (Wildman–Crippen LogP) is -1.90. The van der Waals surface area contributed by atoms with Crippen LogP contribution in [0.2, 0.25) is 0 Å². The molecule has 0 bridgehead atoms. The van der Waals surface area contributed by atoms with Crippen LogP contribution in [0.3, 0.4) is 0 Å². The van der Waals surface area contributed by atoms with Crippen LogP contribution in [0.25, 0.3) is 11.2 Å². The molecule has 0 aromatic carbocycles. The standard InChI is InChI=1S/C13H21N5O5S/c1-2-24-13(10(23)9(22)8(21)6(20)3-19)18-5-17-7-11(14)15-4-16-12(7)18/h4-6,8-10,13,19-23H,2-3H2,1H3,(H2,14,15,16)/t6-,8-,9-,10-,13-/m1/s1. The maximum absolute atomic E-state index is 10.5. The number of aliphatic hydroxyl groups is 5. The molecule has 134 valence electrons. The molecule has 2 rings (SSSR count). The average molecular weight is 359 g/mol. The van der Waals surface area contributed by atoms with Gasteiger partial charge < -0.3 is 31.3 Å². The fraction of sp³-hybridized carbons (Fsp3) is 0.615. The second kappa shape index (κ2) is 8.05. The van der Waals surface area contributed by atoms with E-state index in [1.807, 2.05) is 6.92 Å². The van der Waals surface area contributed by atoms with Crippen LogP contribution in [-0.4, -0.2) is 81.8 Å². The molecule has 11 heteroatoms. The summed E-state index contributed by atoms with van der Waals surface area (Å²) in [5.41, 5.74) is 6.47. The van der Waals surface area contributed by atoms with E-state index in [0.29, 0.717) is 16.9 Å². The molecule has 2 aromatic heterocycles. The van der Waals surface area contributed by atoms with Gasteiger partial charge >= 0.3 is 0 Å². The summed E-state index contributed by atoms with van der Waals surface area (Å²) in [5.74, 6) is 0.776. The molecule has 0 saturated carbocycles. The molecule has 7 N–H and O–H groups in total. The molecule has 0 radical (unpaired) electrons. The number of anilines is 1. The predicted molar refractivity (Wildman–Crippen MR) is 88.0 cm³/mol. The van der Waals surface area contributed by atoms with Gasteiger partial charge in [0, 0.05) is 0 Å². The van der Waals surface area contributed by atoms with E-state index in [9.17, 15) is 20.4 Å². The first kappa shape index (κ1) is 18.8. The van der Waals surface area contributed by atoms with Gasteiger partial charge in [0.05, 0.1) is 12.9 Å². The van der Waals surface area contributed by atoms with Gasteiger partial charge in [0.2, 0.25) is 0 Å². The minimum atomic E-state index is -1.71. The van der Waals surface area contributed by atoms with Gasteiger partial charge in [-0.3, -0.25) is 4.57 Å². The molecule has 0 aliphatic heterocycles. The zero-order valence-electron chi connectivity index (χ0n) is 13.0. The Labute approximate surface area is 142 Å². The van der Waals surface area contributed by atoms with Crippen LogP contribution in [0.5, 0.6) is 0 Å². The molecular formula is C13H21N5O5S. The van der Waals surface area contributed by atoms with E-state index in [1.54, 1.807) is 0 Å². The highest BCUT2D eigenvalue weighted by atomic mass is 32.2. The van der Waals surface area contributed by atoms with Crippen molar-refractivity contribution < 1.29 is 25.5 Å². The summed E-state index contributed by atoms with van der Waals surface area (Å²) in [7, 11) is 0. The van der Waals surface area contributed by atoms with Crippen molar-refractivity contribution in [3.05, 3.63) is 12.7 Å². The van der Waals surface area contributed by atoms with E-state index in [0.717, 1.165) is 0 Å². The van der Waals surface area contributed by atoms with E-state index >= 15 is 0 Å². The molecule has 0 aliphatic rings. The normalized spacial score (nSPS) is 18.2. The Kier molecular flexibility index (Phi) is 6.32. The monoisotopic (exact) mass is 359 g/mol. The van der Waals surface area contributed by atoms with Crippen LogP contribution < -0.4 is 5.73 Å². The molecule has 0 fully saturated rings. The van der Waals surface area contributed by atoms with Crippen molar-refractivity contribution in [1.82, 2.24) is 19.5 Å². The Balaban J connectivity index is 2.35. The second-order valence-electron chi connectivity index (χ2n) is 5.15. The van der Waals surface area contributed by atoms with Gasteiger partial charge in [-0.05, 0) is 5.75 Å². The zero-order valence-corrected chi connectivity index (χ0v) is 13.8. The van der Waals surface area contributed by atoms with Crippen molar-refractivity contribution >= 4 is 28.7 Å². The molecule has 24 heavy (non-hydrogen) atoms. The minimum absolute atomic E-state index is 0.185. The van der Waals surface area contributed by atoms with Gasteiger partial charge in [-0.1, -0.05) is 6.92 Å². The lowest BCUT2D eigenvalue weighted by Crippen LogP contribution is -2.48. The molecule has 0 amide bonds. The summed E-state index contributed by atoms with van der Waals surface area (Å²) in [6, 6.07) is 0. The molecule has 2 heterocycles. The Hall–Kier alpha value is -1.50. The third kappa shape index (κ3) is 3.61. The Morgan fingerprint density at radius 2 is 1.83 bits per heavy atom. The average Bonchev–Trinajstić information content (AvgIpc) is 3.02. The van der Waals surface area contributed by atoms with Crippen molar-refractivity contribution in [2.45, 2.75) is 36.7 Å². The number of nitrogen functional groups attached to an aromatic ring is 1. The number of nitrogens with zero attached hydrogens (tertiary/aromatic N) is 4.